The van der Waals surface area contributed by atoms with Crippen molar-refractivity contribution in [2.75, 3.05) is 7.05 Å². The molecule has 0 amide bonds. The maximum absolute atomic E-state index is 11.7. The largest absolute Gasteiger partial charge is 0.478 e. The zero-order chi connectivity index (χ0) is 16.4. The van der Waals surface area contributed by atoms with Crippen LogP contribution in [-0.4, -0.2) is 33.8 Å². The van der Waals surface area contributed by atoms with Crippen LogP contribution in [0.1, 0.15) is 31.7 Å². The molecule has 1 heterocycles. The van der Waals surface area contributed by atoms with Crippen molar-refractivity contribution in [3.05, 3.63) is 51.2 Å². The van der Waals surface area contributed by atoms with Gasteiger partial charge in [-0.05, 0) is 18.9 Å². The zero-order valence-corrected chi connectivity index (χ0v) is 12.6. The highest BCUT2D eigenvalue weighted by Crippen LogP contribution is 2.35. The summed E-state index contributed by atoms with van der Waals surface area (Å²) in [7, 11) is 1.69. The number of carbonyl (C=O) groups is 1. The summed E-state index contributed by atoms with van der Waals surface area (Å²) < 4.78 is 0. The normalized spacial score (nSPS) is 18.2. The molecule has 1 aliphatic rings. The Labute approximate surface area is 127 Å². The van der Waals surface area contributed by atoms with Crippen molar-refractivity contribution in [3.63, 3.8) is 0 Å². The van der Waals surface area contributed by atoms with E-state index >= 15 is 0 Å². The molecule has 7 heteroatoms. The number of nitro groups is 1. The number of allylic oxidation sites excluding steroid dienone is 1. The van der Waals surface area contributed by atoms with Gasteiger partial charge in [0.05, 0.1) is 22.1 Å². The Bertz CT molecular complexity index is 694. The van der Waals surface area contributed by atoms with Gasteiger partial charge in [-0.1, -0.05) is 19.1 Å². The number of hydrazone groups is 1. The van der Waals surface area contributed by atoms with Gasteiger partial charge < -0.3 is 5.11 Å². The van der Waals surface area contributed by atoms with Gasteiger partial charge in [-0.2, -0.15) is 5.10 Å². The first kappa shape index (κ1) is 15.7. The van der Waals surface area contributed by atoms with Crippen LogP contribution >= 0.6 is 0 Å². The summed E-state index contributed by atoms with van der Waals surface area (Å²) in [5.74, 6) is -1.61. The molecule has 0 fully saturated rings. The topological polar surface area (TPSA) is 96.0 Å². The van der Waals surface area contributed by atoms with Crippen LogP contribution in [0.25, 0.3) is 0 Å². The van der Waals surface area contributed by atoms with Gasteiger partial charge in [0.2, 0.25) is 0 Å². The van der Waals surface area contributed by atoms with Crippen LogP contribution in [0.3, 0.4) is 0 Å². The number of hydrogen-bond acceptors (Lipinski definition) is 5. The van der Waals surface area contributed by atoms with Crippen LogP contribution < -0.4 is 0 Å². The molecule has 1 unspecified atom stereocenters. The number of hydrogen-bond donors (Lipinski definition) is 1. The summed E-state index contributed by atoms with van der Waals surface area (Å²) >= 11 is 0. The summed E-state index contributed by atoms with van der Waals surface area (Å²) in [4.78, 5) is 22.2. The lowest BCUT2D eigenvalue weighted by atomic mass is 9.83. The second kappa shape index (κ2) is 5.97. The Kier molecular flexibility index (Phi) is 4.25. The summed E-state index contributed by atoms with van der Waals surface area (Å²) in [6.07, 6.45) is 0.557. The maximum Gasteiger partial charge on any atom is 0.334 e. The lowest BCUT2D eigenvalue weighted by Crippen LogP contribution is -2.30. The van der Waals surface area contributed by atoms with Crippen molar-refractivity contribution < 1.29 is 14.8 Å². The van der Waals surface area contributed by atoms with Crippen LogP contribution in [0.2, 0.25) is 0 Å². The van der Waals surface area contributed by atoms with Crippen molar-refractivity contribution in [1.82, 2.24) is 5.01 Å². The third-order valence-corrected chi connectivity index (χ3v) is 3.78. The summed E-state index contributed by atoms with van der Waals surface area (Å²) in [5.41, 5.74) is 1.91. The molecule has 0 spiro atoms. The predicted octanol–water partition coefficient (Wildman–Crippen LogP) is 2.75. The van der Waals surface area contributed by atoms with Gasteiger partial charge in [0.15, 0.2) is 0 Å². The lowest BCUT2D eigenvalue weighted by Gasteiger charge is -2.30. The fourth-order valence-corrected chi connectivity index (χ4v) is 2.61. The van der Waals surface area contributed by atoms with E-state index in [0.717, 1.165) is 0 Å². The molecule has 116 valence electrons. The highest BCUT2D eigenvalue weighted by molar-refractivity contribution is 6.04. The third kappa shape index (κ3) is 2.69. The first-order valence-corrected chi connectivity index (χ1v) is 6.86. The SMILES string of the molecule is CCC1=NN(C)C(C)=C(C(=O)O)C1c1cccc([N+](=O)[O-])c1. The Hall–Kier alpha value is -2.70. The molecule has 1 aromatic carbocycles. The predicted molar refractivity (Wildman–Crippen MR) is 81.7 cm³/mol. The molecule has 22 heavy (non-hydrogen) atoms. The number of aliphatic carboxylic acids is 1. The van der Waals surface area contributed by atoms with Gasteiger partial charge in [0, 0.05) is 24.9 Å². The number of carboxylic acid groups (broad SMARTS) is 1. The molecule has 2 rings (SSSR count). The monoisotopic (exact) mass is 303 g/mol. The standard InChI is InChI=1S/C15H17N3O4/c1-4-12-14(10-6-5-7-11(8-10)18(21)22)13(15(19)20)9(2)17(3)16-12/h5-8,14H,4H2,1-3H3,(H,19,20). The molecule has 7 nitrogen and oxygen atoms in total. The van der Waals surface area contributed by atoms with E-state index in [1.165, 1.54) is 17.1 Å². The highest BCUT2D eigenvalue weighted by atomic mass is 16.6. The molecular formula is C15H17N3O4. The number of carboxylic acids is 1. The highest BCUT2D eigenvalue weighted by Gasteiger charge is 2.33. The van der Waals surface area contributed by atoms with E-state index in [1.54, 1.807) is 26.1 Å². The van der Waals surface area contributed by atoms with Crippen LogP contribution in [0.4, 0.5) is 5.69 Å². The van der Waals surface area contributed by atoms with Crippen molar-refractivity contribution in [1.29, 1.82) is 0 Å². The van der Waals surface area contributed by atoms with Crippen LogP contribution in [0.15, 0.2) is 40.6 Å². The van der Waals surface area contributed by atoms with Crippen molar-refractivity contribution in [2.24, 2.45) is 5.10 Å². The number of rotatable bonds is 4. The summed E-state index contributed by atoms with van der Waals surface area (Å²) in [5, 5.41) is 26.5. The number of nitrogens with zero attached hydrogens (tertiary/aromatic N) is 3. The minimum Gasteiger partial charge on any atom is -0.478 e. The van der Waals surface area contributed by atoms with Crippen LogP contribution in [0, 0.1) is 10.1 Å². The van der Waals surface area contributed by atoms with Crippen molar-refractivity contribution >= 4 is 17.4 Å². The quantitative estimate of drug-likeness (QED) is 0.681. The first-order chi connectivity index (χ1) is 10.4. The summed E-state index contributed by atoms with van der Waals surface area (Å²) in [6.45, 7) is 3.57. The molecule has 1 N–H and O–H groups in total. The second-order valence-corrected chi connectivity index (χ2v) is 5.06. The average Bonchev–Trinajstić information content (AvgIpc) is 2.48. The van der Waals surface area contributed by atoms with Gasteiger partial charge >= 0.3 is 5.97 Å². The van der Waals surface area contributed by atoms with E-state index < -0.39 is 16.8 Å². The fraction of sp³-hybridized carbons (Fsp3) is 0.333. The molecule has 1 aliphatic heterocycles. The van der Waals surface area contributed by atoms with E-state index in [4.69, 9.17) is 0 Å². The minimum atomic E-state index is -1.04. The van der Waals surface area contributed by atoms with E-state index in [1.807, 2.05) is 6.92 Å². The van der Waals surface area contributed by atoms with Gasteiger partial charge in [-0.3, -0.25) is 15.1 Å². The third-order valence-electron chi connectivity index (χ3n) is 3.78. The lowest BCUT2D eigenvalue weighted by molar-refractivity contribution is -0.384. The fourth-order valence-electron chi connectivity index (χ4n) is 2.61. The van der Waals surface area contributed by atoms with Gasteiger partial charge in [0.25, 0.3) is 5.69 Å². The second-order valence-electron chi connectivity index (χ2n) is 5.06. The Morgan fingerprint density at radius 2 is 2.18 bits per heavy atom. The number of nitro benzene ring substituents is 1. The average molecular weight is 303 g/mol. The van der Waals surface area contributed by atoms with E-state index in [0.29, 0.717) is 23.4 Å². The Balaban J connectivity index is 2.62. The van der Waals surface area contributed by atoms with Crippen molar-refractivity contribution in [3.8, 4) is 0 Å². The Morgan fingerprint density at radius 3 is 2.73 bits per heavy atom. The van der Waals surface area contributed by atoms with Crippen LogP contribution in [-0.2, 0) is 4.79 Å². The molecular weight excluding hydrogens is 286 g/mol. The summed E-state index contributed by atoms with van der Waals surface area (Å²) in [6, 6.07) is 6.06. The van der Waals surface area contributed by atoms with E-state index in [-0.39, 0.29) is 11.3 Å². The first-order valence-electron chi connectivity index (χ1n) is 6.86. The Morgan fingerprint density at radius 1 is 1.50 bits per heavy atom. The molecule has 0 radical (unpaired) electrons. The minimum absolute atomic E-state index is 0.0609. The van der Waals surface area contributed by atoms with Gasteiger partial charge in [0.1, 0.15) is 0 Å². The van der Waals surface area contributed by atoms with Crippen LogP contribution in [0.5, 0.6) is 0 Å². The molecule has 1 atom stereocenters. The molecule has 0 saturated heterocycles. The smallest absolute Gasteiger partial charge is 0.334 e. The van der Waals surface area contributed by atoms with Crippen molar-refractivity contribution in [2.45, 2.75) is 26.2 Å². The molecule has 0 aromatic heterocycles. The molecule has 0 saturated carbocycles. The molecule has 0 bridgehead atoms. The van der Waals surface area contributed by atoms with Gasteiger partial charge in [-0.25, -0.2) is 4.79 Å². The van der Waals surface area contributed by atoms with Gasteiger partial charge in [-0.15, -0.1) is 0 Å². The number of benzene rings is 1. The van der Waals surface area contributed by atoms with E-state index in [9.17, 15) is 20.0 Å². The van der Waals surface area contributed by atoms with E-state index in [2.05, 4.69) is 5.10 Å². The molecule has 1 aromatic rings. The molecule has 0 aliphatic carbocycles. The number of non-ortho nitro benzene ring substituents is 1. The zero-order valence-electron chi connectivity index (χ0n) is 12.6. The maximum atomic E-state index is 11.7.